The Bertz CT molecular complexity index is 572. The zero-order valence-corrected chi connectivity index (χ0v) is 12.9. The van der Waals surface area contributed by atoms with Gasteiger partial charge in [0.25, 0.3) is 0 Å². The molecule has 1 saturated carbocycles. The van der Waals surface area contributed by atoms with Crippen LogP contribution in [0.25, 0.3) is 0 Å². The predicted octanol–water partition coefficient (Wildman–Crippen LogP) is 3.47. The second kappa shape index (κ2) is 6.46. The fourth-order valence-corrected chi connectivity index (χ4v) is 2.59. The van der Waals surface area contributed by atoms with Gasteiger partial charge < -0.3 is 9.73 Å². The van der Waals surface area contributed by atoms with E-state index in [1.807, 2.05) is 0 Å². The zero-order valence-electron chi connectivity index (χ0n) is 12.9. The van der Waals surface area contributed by atoms with Crippen molar-refractivity contribution in [2.75, 3.05) is 7.05 Å². The highest BCUT2D eigenvalue weighted by Crippen LogP contribution is 2.21. The molecule has 0 radical (unpaired) electrons. The Labute approximate surface area is 127 Å². The highest BCUT2D eigenvalue weighted by molar-refractivity contribution is 5.20. The molecule has 0 amide bonds. The molecular formula is C18H24N2O. The summed E-state index contributed by atoms with van der Waals surface area (Å²) in [6.45, 7) is 4.78. The zero-order chi connectivity index (χ0) is 14.7. The lowest BCUT2D eigenvalue weighted by Gasteiger charge is -2.15. The Morgan fingerprint density at radius 3 is 2.67 bits per heavy atom. The second-order valence-corrected chi connectivity index (χ2v) is 6.13. The summed E-state index contributed by atoms with van der Waals surface area (Å²) in [5.74, 6) is 2.14. The summed E-state index contributed by atoms with van der Waals surface area (Å²) in [6, 6.07) is 13.4. The minimum Gasteiger partial charge on any atom is -0.463 e. The van der Waals surface area contributed by atoms with Crippen molar-refractivity contribution in [1.29, 1.82) is 0 Å². The first kappa shape index (κ1) is 14.4. The average molecular weight is 284 g/mol. The van der Waals surface area contributed by atoms with Crippen molar-refractivity contribution in [2.24, 2.45) is 0 Å². The summed E-state index contributed by atoms with van der Waals surface area (Å²) in [4.78, 5) is 2.28. The molecule has 0 aliphatic heterocycles. The molecule has 0 bridgehead atoms. The minimum absolute atomic E-state index is 0.721. The van der Waals surface area contributed by atoms with E-state index in [1.54, 1.807) is 0 Å². The second-order valence-electron chi connectivity index (χ2n) is 6.13. The van der Waals surface area contributed by atoms with E-state index in [1.165, 1.54) is 24.0 Å². The Hall–Kier alpha value is -1.58. The van der Waals surface area contributed by atoms with E-state index in [9.17, 15) is 0 Å². The highest BCUT2D eigenvalue weighted by Gasteiger charge is 2.21. The van der Waals surface area contributed by atoms with E-state index in [2.05, 4.69) is 60.6 Å². The topological polar surface area (TPSA) is 28.4 Å². The predicted molar refractivity (Wildman–Crippen MR) is 84.9 cm³/mol. The quantitative estimate of drug-likeness (QED) is 0.844. The lowest BCUT2D eigenvalue weighted by Crippen LogP contribution is -2.17. The van der Waals surface area contributed by atoms with Gasteiger partial charge in [0.15, 0.2) is 0 Å². The molecule has 112 valence electrons. The molecular weight excluding hydrogens is 260 g/mol. The van der Waals surface area contributed by atoms with Gasteiger partial charge in [-0.05, 0) is 44.0 Å². The minimum atomic E-state index is 0.721. The van der Waals surface area contributed by atoms with Crippen molar-refractivity contribution >= 4 is 0 Å². The third kappa shape index (κ3) is 4.19. The highest BCUT2D eigenvalue weighted by atomic mass is 16.3. The number of nitrogens with zero attached hydrogens (tertiary/aromatic N) is 1. The molecule has 1 aromatic heterocycles. The standard InChI is InChI=1S/C18H24N2O/c1-14-10-17(21-18(14)11-19-16-8-9-16)13-20(2)12-15-6-4-3-5-7-15/h3-7,10,16,19H,8-9,11-13H2,1-2H3. The number of rotatable bonds is 7. The molecule has 0 saturated heterocycles. The van der Waals surface area contributed by atoms with Gasteiger partial charge in [0.1, 0.15) is 11.5 Å². The maximum absolute atomic E-state index is 6.00. The molecule has 1 fully saturated rings. The summed E-state index contributed by atoms with van der Waals surface area (Å²) in [7, 11) is 2.13. The van der Waals surface area contributed by atoms with Crippen LogP contribution in [-0.4, -0.2) is 18.0 Å². The maximum atomic E-state index is 6.00. The van der Waals surface area contributed by atoms with Gasteiger partial charge in [0.05, 0.1) is 13.1 Å². The number of hydrogen-bond donors (Lipinski definition) is 1. The number of furan rings is 1. The maximum Gasteiger partial charge on any atom is 0.120 e. The van der Waals surface area contributed by atoms with Crippen LogP contribution in [0.2, 0.25) is 0 Å². The van der Waals surface area contributed by atoms with Crippen LogP contribution in [-0.2, 0) is 19.6 Å². The van der Waals surface area contributed by atoms with Crippen molar-refractivity contribution in [3.05, 3.63) is 59.0 Å². The van der Waals surface area contributed by atoms with E-state index < -0.39 is 0 Å². The SMILES string of the molecule is Cc1cc(CN(C)Cc2ccccc2)oc1CNC1CC1. The molecule has 3 nitrogen and oxygen atoms in total. The van der Waals surface area contributed by atoms with Crippen molar-refractivity contribution in [3.8, 4) is 0 Å². The third-order valence-corrected chi connectivity index (χ3v) is 3.92. The molecule has 2 aromatic rings. The fourth-order valence-electron chi connectivity index (χ4n) is 2.59. The molecule has 1 aromatic carbocycles. The van der Waals surface area contributed by atoms with Gasteiger partial charge in [-0.1, -0.05) is 30.3 Å². The smallest absolute Gasteiger partial charge is 0.120 e. The monoisotopic (exact) mass is 284 g/mol. The number of hydrogen-bond acceptors (Lipinski definition) is 3. The molecule has 1 aliphatic rings. The van der Waals surface area contributed by atoms with E-state index in [0.29, 0.717) is 0 Å². The first-order chi connectivity index (χ1) is 10.2. The molecule has 1 aliphatic carbocycles. The third-order valence-electron chi connectivity index (χ3n) is 3.92. The van der Waals surface area contributed by atoms with Crippen LogP contribution >= 0.6 is 0 Å². The van der Waals surface area contributed by atoms with Crippen molar-refractivity contribution < 1.29 is 4.42 Å². The molecule has 0 spiro atoms. The summed E-state index contributed by atoms with van der Waals surface area (Å²) in [6.07, 6.45) is 2.62. The van der Waals surface area contributed by atoms with Crippen molar-refractivity contribution in [2.45, 2.75) is 45.4 Å². The number of benzene rings is 1. The first-order valence-corrected chi connectivity index (χ1v) is 7.75. The van der Waals surface area contributed by atoms with Crippen LogP contribution in [0.1, 0.15) is 35.5 Å². The lowest BCUT2D eigenvalue weighted by atomic mass is 10.2. The van der Waals surface area contributed by atoms with Crippen LogP contribution in [0.3, 0.4) is 0 Å². The Morgan fingerprint density at radius 1 is 1.19 bits per heavy atom. The Balaban J connectivity index is 1.55. The van der Waals surface area contributed by atoms with Crippen LogP contribution in [0.15, 0.2) is 40.8 Å². The fraction of sp³-hybridized carbons (Fsp3) is 0.444. The van der Waals surface area contributed by atoms with E-state index in [0.717, 1.165) is 37.2 Å². The summed E-state index contributed by atoms with van der Waals surface area (Å²) in [5, 5.41) is 3.51. The van der Waals surface area contributed by atoms with Gasteiger partial charge in [-0.15, -0.1) is 0 Å². The Morgan fingerprint density at radius 2 is 1.95 bits per heavy atom. The largest absolute Gasteiger partial charge is 0.463 e. The van der Waals surface area contributed by atoms with Gasteiger partial charge in [-0.25, -0.2) is 0 Å². The molecule has 1 heterocycles. The Kier molecular flexibility index (Phi) is 4.42. The van der Waals surface area contributed by atoms with Gasteiger partial charge >= 0.3 is 0 Å². The number of aryl methyl sites for hydroxylation is 1. The molecule has 3 rings (SSSR count). The summed E-state index contributed by atoms with van der Waals surface area (Å²) < 4.78 is 6.00. The van der Waals surface area contributed by atoms with Crippen LogP contribution in [0, 0.1) is 6.92 Å². The number of nitrogens with one attached hydrogen (secondary N) is 1. The first-order valence-electron chi connectivity index (χ1n) is 7.75. The molecule has 0 unspecified atom stereocenters. The van der Waals surface area contributed by atoms with E-state index >= 15 is 0 Å². The molecule has 1 N–H and O–H groups in total. The summed E-state index contributed by atoms with van der Waals surface area (Å²) >= 11 is 0. The van der Waals surface area contributed by atoms with Crippen molar-refractivity contribution in [3.63, 3.8) is 0 Å². The normalized spacial score (nSPS) is 14.8. The van der Waals surface area contributed by atoms with Gasteiger partial charge in [-0.2, -0.15) is 0 Å². The van der Waals surface area contributed by atoms with E-state index in [4.69, 9.17) is 4.42 Å². The van der Waals surface area contributed by atoms with Gasteiger partial charge in [0, 0.05) is 12.6 Å². The lowest BCUT2D eigenvalue weighted by molar-refractivity contribution is 0.282. The molecule has 3 heteroatoms. The molecule has 0 atom stereocenters. The van der Waals surface area contributed by atoms with Crippen LogP contribution < -0.4 is 5.32 Å². The van der Waals surface area contributed by atoms with Crippen molar-refractivity contribution in [1.82, 2.24) is 10.2 Å². The van der Waals surface area contributed by atoms with Gasteiger partial charge in [0.2, 0.25) is 0 Å². The average Bonchev–Trinajstić information content (AvgIpc) is 3.22. The van der Waals surface area contributed by atoms with Crippen LogP contribution in [0.5, 0.6) is 0 Å². The van der Waals surface area contributed by atoms with Gasteiger partial charge in [-0.3, -0.25) is 4.90 Å². The van der Waals surface area contributed by atoms with E-state index in [-0.39, 0.29) is 0 Å². The van der Waals surface area contributed by atoms with Crippen LogP contribution in [0.4, 0.5) is 0 Å². The summed E-state index contributed by atoms with van der Waals surface area (Å²) in [5.41, 5.74) is 2.59. The molecule has 21 heavy (non-hydrogen) atoms.